The van der Waals surface area contributed by atoms with Gasteiger partial charge in [-0.1, -0.05) is 45.0 Å². The molecule has 4 heteroatoms. The van der Waals surface area contributed by atoms with Gasteiger partial charge in [-0.25, -0.2) is 4.39 Å². The van der Waals surface area contributed by atoms with Crippen LogP contribution in [-0.4, -0.2) is 5.91 Å². The molecule has 2 N–H and O–H groups in total. The van der Waals surface area contributed by atoms with Crippen molar-refractivity contribution in [1.29, 1.82) is 0 Å². The van der Waals surface area contributed by atoms with Crippen LogP contribution in [0.4, 0.5) is 10.1 Å². The summed E-state index contributed by atoms with van der Waals surface area (Å²) in [5.74, 6) is -0.316. The van der Waals surface area contributed by atoms with Gasteiger partial charge < -0.3 is 10.6 Å². The van der Waals surface area contributed by atoms with Gasteiger partial charge in [-0.3, -0.25) is 4.79 Å². The molecule has 0 radical (unpaired) electrons. The van der Waals surface area contributed by atoms with Crippen LogP contribution in [0.2, 0.25) is 0 Å². The number of rotatable bonds is 5. The van der Waals surface area contributed by atoms with Gasteiger partial charge in [-0.2, -0.15) is 0 Å². The molecule has 2 unspecified atom stereocenters. The maximum atomic E-state index is 13.3. The predicted octanol–water partition coefficient (Wildman–Crippen LogP) is 5.22. The summed E-state index contributed by atoms with van der Waals surface area (Å²) in [6.45, 7) is 10.1. The van der Waals surface area contributed by atoms with Gasteiger partial charge in [-0.05, 0) is 47.7 Å². The summed E-state index contributed by atoms with van der Waals surface area (Å²) in [7, 11) is 0. The van der Waals surface area contributed by atoms with Crippen LogP contribution in [0.15, 0.2) is 48.5 Å². The number of nitrogens with one attached hydrogen (secondary N) is 2. The Morgan fingerprint density at radius 2 is 1.68 bits per heavy atom. The van der Waals surface area contributed by atoms with Gasteiger partial charge in [0.1, 0.15) is 5.82 Å². The van der Waals surface area contributed by atoms with E-state index in [0.29, 0.717) is 0 Å². The maximum absolute atomic E-state index is 13.3. The molecule has 3 nitrogen and oxygen atoms in total. The highest BCUT2D eigenvalue weighted by atomic mass is 19.1. The zero-order valence-corrected chi connectivity index (χ0v) is 15.6. The summed E-state index contributed by atoms with van der Waals surface area (Å²) in [6, 6.07) is 14.6. The number of anilines is 1. The first kappa shape index (κ1) is 19.1. The second-order valence-electron chi connectivity index (χ2n) is 7.55. The Morgan fingerprint density at radius 3 is 2.24 bits per heavy atom. The van der Waals surface area contributed by atoms with E-state index in [0.717, 1.165) is 16.8 Å². The molecule has 0 aliphatic carbocycles. The summed E-state index contributed by atoms with van der Waals surface area (Å²) >= 11 is 0. The SMILES string of the molecule is CC(=O)Nc1cccc(C(C)NC(c2ccc(F)cc2)C(C)(C)C)c1. The fraction of sp³-hybridized carbons (Fsp3) is 0.381. The quantitative estimate of drug-likeness (QED) is 0.782. The van der Waals surface area contributed by atoms with E-state index in [1.807, 2.05) is 36.4 Å². The molecule has 2 atom stereocenters. The largest absolute Gasteiger partial charge is 0.326 e. The topological polar surface area (TPSA) is 41.1 Å². The smallest absolute Gasteiger partial charge is 0.221 e. The van der Waals surface area contributed by atoms with Gasteiger partial charge in [-0.15, -0.1) is 0 Å². The van der Waals surface area contributed by atoms with Crippen molar-refractivity contribution in [3.63, 3.8) is 0 Å². The molecule has 134 valence electrons. The Balaban J connectivity index is 2.24. The van der Waals surface area contributed by atoms with E-state index in [-0.39, 0.29) is 29.2 Å². The minimum atomic E-state index is -0.229. The van der Waals surface area contributed by atoms with Crippen LogP contribution in [-0.2, 0) is 4.79 Å². The van der Waals surface area contributed by atoms with Crippen molar-refractivity contribution in [2.45, 2.75) is 46.7 Å². The average Bonchev–Trinajstić information content (AvgIpc) is 2.52. The lowest BCUT2D eigenvalue weighted by Crippen LogP contribution is -2.34. The summed E-state index contributed by atoms with van der Waals surface area (Å²) in [5, 5.41) is 6.47. The number of hydrogen-bond acceptors (Lipinski definition) is 2. The van der Waals surface area contributed by atoms with Crippen molar-refractivity contribution in [3.05, 3.63) is 65.5 Å². The molecule has 0 heterocycles. The first-order valence-electron chi connectivity index (χ1n) is 8.56. The first-order valence-corrected chi connectivity index (χ1v) is 8.56. The average molecular weight is 342 g/mol. The molecule has 0 aliphatic heterocycles. The second-order valence-corrected chi connectivity index (χ2v) is 7.55. The molecule has 0 bridgehead atoms. The molecule has 0 fully saturated rings. The van der Waals surface area contributed by atoms with Gasteiger partial charge >= 0.3 is 0 Å². The zero-order valence-electron chi connectivity index (χ0n) is 15.6. The molecule has 2 rings (SSSR count). The lowest BCUT2D eigenvalue weighted by molar-refractivity contribution is -0.114. The van der Waals surface area contributed by atoms with Gasteiger partial charge in [0, 0.05) is 24.7 Å². The van der Waals surface area contributed by atoms with Gasteiger partial charge in [0.05, 0.1) is 0 Å². The van der Waals surface area contributed by atoms with Crippen molar-refractivity contribution < 1.29 is 9.18 Å². The van der Waals surface area contributed by atoms with Crippen LogP contribution in [0.3, 0.4) is 0 Å². The number of carbonyl (C=O) groups is 1. The number of amides is 1. The van der Waals surface area contributed by atoms with E-state index < -0.39 is 0 Å². The lowest BCUT2D eigenvalue weighted by atomic mass is 9.81. The van der Waals surface area contributed by atoms with Crippen molar-refractivity contribution in [1.82, 2.24) is 5.32 Å². The first-order chi connectivity index (χ1) is 11.7. The Hall–Kier alpha value is -2.20. The molecule has 0 aromatic heterocycles. The molecular weight excluding hydrogens is 315 g/mol. The summed E-state index contributed by atoms with van der Waals surface area (Å²) in [4.78, 5) is 11.3. The third kappa shape index (κ3) is 5.40. The molecule has 0 saturated heterocycles. The predicted molar refractivity (Wildman–Crippen MR) is 101 cm³/mol. The zero-order chi connectivity index (χ0) is 18.6. The highest BCUT2D eigenvalue weighted by Crippen LogP contribution is 2.35. The van der Waals surface area contributed by atoms with Crippen LogP contribution in [0.25, 0.3) is 0 Å². The minimum absolute atomic E-state index is 0.0403. The van der Waals surface area contributed by atoms with Crippen LogP contribution < -0.4 is 10.6 Å². The summed E-state index contributed by atoms with van der Waals surface area (Å²) < 4.78 is 13.3. The fourth-order valence-electron chi connectivity index (χ4n) is 2.94. The highest BCUT2D eigenvalue weighted by Gasteiger charge is 2.27. The molecule has 0 saturated carbocycles. The van der Waals surface area contributed by atoms with Crippen LogP contribution >= 0.6 is 0 Å². The van der Waals surface area contributed by atoms with E-state index in [9.17, 15) is 9.18 Å². The standard InChI is InChI=1S/C21H27FN2O/c1-14(17-7-6-8-19(13-17)24-15(2)25)23-20(21(3,4)5)16-9-11-18(22)12-10-16/h6-14,20,23H,1-5H3,(H,24,25). The minimum Gasteiger partial charge on any atom is -0.326 e. The lowest BCUT2D eigenvalue weighted by Gasteiger charge is -2.35. The normalized spacial score (nSPS) is 14.0. The molecule has 0 aliphatic rings. The van der Waals surface area contributed by atoms with Crippen molar-refractivity contribution in [3.8, 4) is 0 Å². The van der Waals surface area contributed by atoms with Crippen molar-refractivity contribution in [2.24, 2.45) is 5.41 Å². The summed E-state index contributed by atoms with van der Waals surface area (Å²) in [5.41, 5.74) is 2.88. The Morgan fingerprint density at radius 1 is 1.04 bits per heavy atom. The van der Waals surface area contributed by atoms with E-state index in [2.05, 4.69) is 38.3 Å². The third-order valence-corrected chi connectivity index (χ3v) is 4.19. The third-order valence-electron chi connectivity index (χ3n) is 4.19. The van der Waals surface area contributed by atoms with E-state index in [4.69, 9.17) is 0 Å². The Kier molecular flexibility index (Phi) is 5.96. The van der Waals surface area contributed by atoms with Crippen molar-refractivity contribution in [2.75, 3.05) is 5.32 Å². The van der Waals surface area contributed by atoms with Crippen molar-refractivity contribution >= 4 is 11.6 Å². The molecule has 0 spiro atoms. The van der Waals surface area contributed by atoms with Gasteiger partial charge in [0.2, 0.25) is 5.91 Å². The molecule has 25 heavy (non-hydrogen) atoms. The molecule has 2 aromatic carbocycles. The van der Waals surface area contributed by atoms with E-state index in [1.54, 1.807) is 0 Å². The second kappa shape index (κ2) is 7.79. The van der Waals surface area contributed by atoms with Crippen LogP contribution in [0.1, 0.15) is 57.8 Å². The molecular formula is C21H27FN2O. The maximum Gasteiger partial charge on any atom is 0.221 e. The van der Waals surface area contributed by atoms with E-state index >= 15 is 0 Å². The number of carbonyl (C=O) groups excluding carboxylic acids is 1. The van der Waals surface area contributed by atoms with E-state index in [1.165, 1.54) is 19.1 Å². The summed E-state index contributed by atoms with van der Waals surface area (Å²) in [6.07, 6.45) is 0. The Labute approximate surface area is 149 Å². The number of halogens is 1. The van der Waals surface area contributed by atoms with Crippen LogP contribution in [0.5, 0.6) is 0 Å². The number of benzene rings is 2. The number of hydrogen-bond donors (Lipinski definition) is 2. The molecule has 2 aromatic rings. The van der Waals surface area contributed by atoms with Crippen LogP contribution in [0, 0.1) is 11.2 Å². The van der Waals surface area contributed by atoms with Gasteiger partial charge in [0.15, 0.2) is 0 Å². The Bertz CT molecular complexity index is 719. The monoisotopic (exact) mass is 342 g/mol. The molecule has 1 amide bonds. The highest BCUT2D eigenvalue weighted by molar-refractivity contribution is 5.88. The van der Waals surface area contributed by atoms with Gasteiger partial charge in [0.25, 0.3) is 0 Å². The fourth-order valence-corrected chi connectivity index (χ4v) is 2.94.